The van der Waals surface area contributed by atoms with Crippen molar-refractivity contribution < 1.29 is 4.74 Å². The smallest absolute Gasteiger partial charge is 0.165 e. The van der Waals surface area contributed by atoms with E-state index in [-0.39, 0.29) is 0 Å². The largest absolute Gasteiger partial charge is 0.492 e. The second kappa shape index (κ2) is 4.85. The third-order valence-corrected chi connectivity index (χ3v) is 2.21. The average molecular weight is 239 g/mol. The lowest BCUT2D eigenvalue weighted by Gasteiger charge is -2.05. The molecule has 0 atom stereocenters. The quantitative estimate of drug-likeness (QED) is 0.879. The molecule has 0 fully saturated rings. The number of nitrogens with zero attached hydrogens (tertiary/aromatic N) is 3. The molecule has 0 aliphatic rings. The van der Waals surface area contributed by atoms with Gasteiger partial charge in [-0.15, -0.1) is 5.10 Å². The maximum Gasteiger partial charge on any atom is 0.165 e. The van der Waals surface area contributed by atoms with E-state index < -0.39 is 0 Å². The van der Waals surface area contributed by atoms with Gasteiger partial charge in [0.2, 0.25) is 0 Å². The van der Waals surface area contributed by atoms with Gasteiger partial charge < -0.3 is 10.5 Å². The summed E-state index contributed by atoms with van der Waals surface area (Å²) in [7, 11) is 0. The average Bonchev–Trinajstić information content (AvgIpc) is 2.67. The number of benzene rings is 1. The Balaban J connectivity index is 1.82. The molecule has 1 aromatic carbocycles. The van der Waals surface area contributed by atoms with Gasteiger partial charge in [0.25, 0.3) is 0 Å². The van der Waals surface area contributed by atoms with Crippen LogP contribution in [0.3, 0.4) is 0 Å². The van der Waals surface area contributed by atoms with Gasteiger partial charge in [0.15, 0.2) is 5.82 Å². The monoisotopic (exact) mass is 238 g/mol. The van der Waals surface area contributed by atoms with E-state index in [9.17, 15) is 0 Å². The number of nitrogens with two attached hydrogens (primary N) is 1. The van der Waals surface area contributed by atoms with Crippen LogP contribution in [0.25, 0.3) is 0 Å². The minimum atomic E-state index is 0.409. The molecule has 2 aromatic rings. The number of anilines is 1. The van der Waals surface area contributed by atoms with Crippen molar-refractivity contribution in [3.63, 3.8) is 0 Å². The van der Waals surface area contributed by atoms with E-state index >= 15 is 0 Å². The van der Waals surface area contributed by atoms with Crippen LogP contribution in [0.1, 0.15) is 0 Å². The highest BCUT2D eigenvalue weighted by molar-refractivity contribution is 6.30. The second-order valence-electron chi connectivity index (χ2n) is 3.21. The van der Waals surface area contributed by atoms with E-state index in [0.717, 1.165) is 5.75 Å². The van der Waals surface area contributed by atoms with Crippen LogP contribution in [0, 0.1) is 0 Å². The molecule has 0 unspecified atom stereocenters. The summed E-state index contributed by atoms with van der Waals surface area (Å²) in [4.78, 5) is 0. The third kappa shape index (κ3) is 2.87. The number of aromatic nitrogens is 3. The minimum Gasteiger partial charge on any atom is -0.492 e. The Bertz CT molecular complexity index is 454. The van der Waals surface area contributed by atoms with E-state index in [4.69, 9.17) is 22.1 Å². The third-order valence-electron chi connectivity index (χ3n) is 1.96. The normalized spacial score (nSPS) is 10.3. The Labute approximate surface area is 97.8 Å². The Hall–Kier alpha value is -1.75. The number of halogens is 1. The fraction of sp³-hybridized carbons (Fsp3) is 0.200. The molecule has 2 N–H and O–H groups in total. The molecule has 0 aliphatic carbocycles. The van der Waals surface area contributed by atoms with Crippen molar-refractivity contribution >= 4 is 17.4 Å². The summed E-state index contributed by atoms with van der Waals surface area (Å²) >= 11 is 5.75. The van der Waals surface area contributed by atoms with Gasteiger partial charge in [0, 0.05) is 5.02 Å². The fourth-order valence-corrected chi connectivity index (χ4v) is 1.34. The first-order valence-corrected chi connectivity index (χ1v) is 5.16. The molecule has 5 nitrogen and oxygen atoms in total. The standard InChI is InChI=1S/C10H11ClN4O/c11-8-1-3-9(4-2-8)16-6-5-15-7-10(12)13-14-15/h1-4,7H,5-6,12H2. The molecule has 1 aromatic heterocycles. The van der Waals surface area contributed by atoms with Gasteiger partial charge in [0.1, 0.15) is 12.4 Å². The van der Waals surface area contributed by atoms with Crippen LogP contribution in [0.2, 0.25) is 5.02 Å². The number of hydrogen-bond acceptors (Lipinski definition) is 4. The summed E-state index contributed by atoms with van der Waals surface area (Å²) in [6.45, 7) is 1.11. The highest BCUT2D eigenvalue weighted by Gasteiger charge is 1.97. The van der Waals surface area contributed by atoms with Crippen molar-refractivity contribution in [2.75, 3.05) is 12.3 Å². The highest BCUT2D eigenvalue weighted by atomic mass is 35.5. The van der Waals surface area contributed by atoms with Crippen LogP contribution in [-0.2, 0) is 6.54 Å². The molecule has 84 valence electrons. The molecule has 0 saturated heterocycles. The maximum absolute atomic E-state index is 5.75. The number of ether oxygens (including phenoxy) is 1. The van der Waals surface area contributed by atoms with E-state index in [1.807, 2.05) is 12.1 Å². The predicted octanol–water partition coefficient (Wildman–Crippen LogP) is 1.59. The Morgan fingerprint density at radius 1 is 1.31 bits per heavy atom. The molecular weight excluding hydrogens is 228 g/mol. The SMILES string of the molecule is Nc1cn(CCOc2ccc(Cl)cc2)nn1. The van der Waals surface area contributed by atoms with Crippen molar-refractivity contribution in [3.05, 3.63) is 35.5 Å². The summed E-state index contributed by atoms with van der Waals surface area (Å²) < 4.78 is 7.12. The van der Waals surface area contributed by atoms with Crippen LogP contribution < -0.4 is 10.5 Å². The van der Waals surface area contributed by atoms with Gasteiger partial charge >= 0.3 is 0 Å². The molecule has 0 amide bonds. The fourth-order valence-electron chi connectivity index (χ4n) is 1.21. The van der Waals surface area contributed by atoms with Crippen molar-refractivity contribution in [2.45, 2.75) is 6.54 Å². The van der Waals surface area contributed by atoms with Crippen molar-refractivity contribution in [1.29, 1.82) is 0 Å². The Kier molecular flexibility index (Phi) is 3.26. The first kappa shape index (κ1) is 10.8. The summed E-state index contributed by atoms with van der Waals surface area (Å²) in [5.41, 5.74) is 5.43. The second-order valence-corrected chi connectivity index (χ2v) is 3.65. The number of rotatable bonds is 4. The van der Waals surface area contributed by atoms with E-state index in [0.29, 0.717) is 24.0 Å². The molecule has 0 radical (unpaired) electrons. The van der Waals surface area contributed by atoms with Crippen LogP contribution >= 0.6 is 11.6 Å². The van der Waals surface area contributed by atoms with Gasteiger partial charge in [-0.1, -0.05) is 16.8 Å². The maximum atomic E-state index is 5.75. The molecule has 0 saturated carbocycles. The van der Waals surface area contributed by atoms with Gasteiger partial charge in [0.05, 0.1) is 12.7 Å². The zero-order valence-electron chi connectivity index (χ0n) is 8.51. The first-order chi connectivity index (χ1) is 7.74. The summed E-state index contributed by atoms with van der Waals surface area (Å²) in [6, 6.07) is 7.20. The van der Waals surface area contributed by atoms with E-state index in [1.54, 1.807) is 23.0 Å². The summed E-state index contributed by atoms with van der Waals surface area (Å²) in [5, 5.41) is 8.16. The van der Waals surface area contributed by atoms with Crippen molar-refractivity contribution in [3.8, 4) is 5.75 Å². The van der Waals surface area contributed by atoms with Crippen LogP contribution in [0.5, 0.6) is 5.75 Å². The molecule has 0 bridgehead atoms. The molecule has 16 heavy (non-hydrogen) atoms. The van der Waals surface area contributed by atoms with Gasteiger partial charge in [-0.05, 0) is 24.3 Å². The summed E-state index contributed by atoms with van der Waals surface area (Å²) in [6.07, 6.45) is 1.66. The molecule has 6 heteroatoms. The molecule has 0 spiro atoms. The van der Waals surface area contributed by atoms with Gasteiger partial charge in [-0.2, -0.15) is 0 Å². The predicted molar refractivity (Wildman–Crippen MR) is 61.4 cm³/mol. The van der Waals surface area contributed by atoms with Gasteiger partial charge in [-0.25, -0.2) is 4.68 Å². The topological polar surface area (TPSA) is 66.0 Å². The van der Waals surface area contributed by atoms with E-state index in [1.165, 1.54) is 0 Å². The van der Waals surface area contributed by atoms with Crippen LogP contribution in [0.4, 0.5) is 5.82 Å². The molecular formula is C10H11ClN4O. The Morgan fingerprint density at radius 3 is 2.69 bits per heavy atom. The minimum absolute atomic E-state index is 0.409. The Morgan fingerprint density at radius 2 is 2.06 bits per heavy atom. The molecule has 0 aliphatic heterocycles. The molecule has 1 heterocycles. The van der Waals surface area contributed by atoms with E-state index in [2.05, 4.69) is 10.3 Å². The van der Waals surface area contributed by atoms with Crippen LogP contribution in [0.15, 0.2) is 30.5 Å². The lowest BCUT2D eigenvalue weighted by Crippen LogP contribution is -2.08. The zero-order valence-corrected chi connectivity index (χ0v) is 9.26. The lowest BCUT2D eigenvalue weighted by atomic mass is 10.3. The first-order valence-electron chi connectivity index (χ1n) is 4.78. The lowest BCUT2D eigenvalue weighted by molar-refractivity contribution is 0.289. The van der Waals surface area contributed by atoms with Crippen LogP contribution in [-0.4, -0.2) is 21.6 Å². The highest BCUT2D eigenvalue weighted by Crippen LogP contribution is 2.15. The summed E-state index contributed by atoms with van der Waals surface area (Å²) in [5.74, 6) is 1.18. The van der Waals surface area contributed by atoms with Gasteiger partial charge in [-0.3, -0.25) is 0 Å². The zero-order chi connectivity index (χ0) is 11.4. The van der Waals surface area contributed by atoms with Crippen molar-refractivity contribution in [1.82, 2.24) is 15.0 Å². The van der Waals surface area contributed by atoms with Crippen molar-refractivity contribution in [2.24, 2.45) is 0 Å². The molecule has 2 rings (SSSR count). The number of hydrogen-bond donors (Lipinski definition) is 1. The number of nitrogen functional groups attached to an aromatic ring is 1.